The number of halogens is 2. The van der Waals surface area contributed by atoms with Crippen LogP contribution in [0.15, 0.2) is 60.7 Å². The first kappa shape index (κ1) is 23.4. The van der Waals surface area contributed by atoms with Crippen molar-refractivity contribution in [2.45, 2.75) is 13.5 Å². The van der Waals surface area contributed by atoms with Gasteiger partial charge in [0.05, 0.1) is 5.56 Å². The van der Waals surface area contributed by atoms with Gasteiger partial charge >= 0.3 is 0 Å². The molecule has 0 atom stereocenters. The van der Waals surface area contributed by atoms with E-state index in [9.17, 15) is 28.3 Å². The van der Waals surface area contributed by atoms with Crippen LogP contribution in [0, 0.1) is 11.6 Å². The SMILES string of the molecule is CCNC(=O)c1cccc(CNC(=O)c2ccc(NC(=O)c3cc(F)cc(F)c3)cc2O)c1. The quantitative estimate of drug-likeness (QED) is 0.438. The number of rotatable bonds is 7. The van der Waals surface area contributed by atoms with Crippen LogP contribution in [-0.4, -0.2) is 29.4 Å². The van der Waals surface area contributed by atoms with Gasteiger partial charge in [0.15, 0.2) is 0 Å². The fourth-order valence-corrected chi connectivity index (χ4v) is 3.05. The lowest BCUT2D eigenvalue weighted by molar-refractivity contribution is 0.0945. The third kappa shape index (κ3) is 6.13. The summed E-state index contributed by atoms with van der Waals surface area (Å²) in [5, 5.41) is 18.0. The molecule has 33 heavy (non-hydrogen) atoms. The molecule has 0 saturated heterocycles. The highest BCUT2D eigenvalue weighted by atomic mass is 19.1. The van der Waals surface area contributed by atoms with Gasteiger partial charge in [-0.3, -0.25) is 14.4 Å². The van der Waals surface area contributed by atoms with Gasteiger partial charge in [-0.25, -0.2) is 8.78 Å². The van der Waals surface area contributed by atoms with E-state index in [1.807, 2.05) is 6.92 Å². The van der Waals surface area contributed by atoms with E-state index in [0.717, 1.165) is 18.2 Å². The molecule has 0 unspecified atom stereocenters. The second-order valence-electron chi connectivity index (χ2n) is 7.09. The van der Waals surface area contributed by atoms with Crippen LogP contribution in [0.25, 0.3) is 0 Å². The van der Waals surface area contributed by atoms with E-state index in [2.05, 4.69) is 16.0 Å². The van der Waals surface area contributed by atoms with Gasteiger partial charge in [-0.05, 0) is 48.9 Å². The molecule has 0 spiro atoms. The zero-order chi connectivity index (χ0) is 24.0. The predicted octanol–water partition coefficient (Wildman–Crippen LogP) is 3.60. The highest BCUT2D eigenvalue weighted by Crippen LogP contribution is 2.23. The van der Waals surface area contributed by atoms with E-state index in [-0.39, 0.29) is 29.3 Å². The third-order valence-electron chi connectivity index (χ3n) is 4.60. The highest BCUT2D eigenvalue weighted by molar-refractivity contribution is 6.05. The summed E-state index contributed by atoms with van der Waals surface area (Å²) in [6, 6.07) is 13.0. The van der Waals surface area contributed by atoms with Gasteiger partial charge in [0.1, 0.15) is 17.4 Å². The van der Waals surface area contributed by atoms with Crippen molar-refractivity contribution in [1.29, 1.82) is 0 Å². The molecule has 0 radical (unpaired) electrons. The van der Waals surface area contributed by atoms with Gasteiger partial charge in [0, 0.05) is 42.0 Å². The van der Waals surface area contributed by atoms with Gasteiger partial charge in [0.2, 0.25) is 0 Å². The fraction of sp³-hybridized carbons (Fsp3) is 0.125. The lowest BCUT2D eigenvalue weighted by Crippen LogP contribution is -2.24. The molecule has 0 heterocycles. The second-order valence-corrected chi connectivity index (χ2v) is 7.09. The Bertz CT molecular complexity index is 1190. The Morgan fingerprint density at radius 1 is 0.818 bits per heavy atom. The zero-order valence-electron chi connectivity index (χ0n) is 17.6. The van der Waals surface area contributed by atoms with E-state index in [0.29, 0.717) is 23.7 Å². The molecule has 0 aliphatic carbocycles. The first-order valence-electron chi connectivity index (χ1n) is 10.0. The number of amides is 3. The molecule has 7 nitrogen and oxygen atoms in total. The third-order valence-corrected chi connectivity index (χ3v) is 4.60. The summed E-state index contributed by atoms with van der Waals surface area (Å²) >= 11 is 0. The van der Waals surface area contributed by atoms with Crippen molar-refractivity contribution in [1.82, 2.24) is 10.6 Å². The van der Waals surface area contributed by atoms with Crippen LogP contribution in [0.2, 0.25) is 0 Å². The minimum Gasteiger partial charge on any atom is -0.507 e. The number of nitrogens with one attached hydrogen (secondary N) is 3. The number of hydrogen-bond acceptors (Lipinski definition) is 4. The molecule has 0 aliphatic rings. The van der Waals surface area contributed by atoms with Gasteiger partial charge < -0.3 is 21.1 Å². The standard InChI is InChI=1S/C24H21F2N3O4/c1-2-27-22(31)15-5-3-4-14(8-15)13-28-24(33)20-7-6-19(12-21(20)30)29-23(32)16-9-17(25)11-18(26)10-16/h3-12,30H,2,13H2,1H3,(H,27,31)(H,28,33)(H,29,32). The maximum atomic E-state index is 13.3. The molecule has 0 aromatic heterocycles. The van der Waals surface area contributed by atoms with Crippen LogP contribution >= 0.6 is 0 Å². The van der Waals surface area contributed by atoms with E-state index in [4.69, 9.17) is 0 Å². The molecule has 170 valence electrons. The van der Waals surface area contributed by atoms with E-state index in [1.165, 1.54) is 12.1 Å². The largest absolute Gasteiger partial charge is 0.507 e. The van der Waals surface area contributed by atoms with Crippen LogP contribution in [0.3, 0.4) is 0 Å². The van der Waals surface area contributed by atoms with Crippen molar-refractivity contribution >= 4 is 23.4 Å². The monoisotopic (exact) mass is 453 g/mol. The predicted molar refractivity (Wildman–Crippen MR) is 118 cm³/mol. The van der Waals surface area contributed by atoms with E-state index < -0.39 is 29.2 Å². The molecule has 3 aromatic carbocycles. The van der Waals surface area contributed by atoms with Crippen molar-refractivity contribution < 1.29 is 28.3 Å². The van der Waals surface area contributed by atoms with Gasteiger partial charge in [-0.2, -0.15) is 0 Å². The molecule has 3 aromatic rings. The van der Waals surface area contributed by atoms with Crippen molar-refractivity contribution in [2.75, 3.05) is 11.9 Å². The van der Waals surface area contributed by atoms with Gasteiger partial charge in [-0.1, -0.05) is 12.1 Å². The van der Waals surface area contributed by atoms with Crippen molar-refractivity contribution in [3.8, 4) is 5.75 Å². The fourth-order valence-electron chi connectivity index (χ4n) is 3.05. The normalized spacial score (nSPS) is 10.4. The summed E-state index contributed by atoms with van der Waals surface area (Å²) in [4.78, 5) is 36.6. The van der Waals surface area contributed by atoms with E-state index in [1.54, 1.807) is 24.3 Å². The van der Waals surface area contributed by atoms with Gasteiger partial charge in [-0.15, -0.1) is 0 Å². The van der Waals surface area contributed by atoms with Crippen molar-refractivity contribution in [3.63, 3.8) is 0 Å². The van der Waals surface area contributed by atoms with Crippen LogP contribution < -0.4 is 16.0 Å². The number of carbonyl (C=O) groups is 3. The first-order chi connectivity index (χ1) is 15.8. The summed E-state index contributed by atoms with van der Waals surface area (Å²) in [7, 11) is 0. The summed E-state index contributed by atoms with van der Waals surface area (Å²) in [6.45, 7) is 2.43. The molecule has 0 saturated carbocycles. The maximum absolute atomic E-state index is 13.3. The number of benzene rings is 3. The lowest BCUT2D eigenvalue weighted by atomic mass is 10.1. The Balaban J connectivity index is 1.65. The Morgan fingerprint density at radius 2 is 1.55 bits per heavy atom. The maximum Gasteiger partial charge on any atom is 0.255 e. The smallest absolute Gasteiger partial charge is 0.255 e. The van der Waals surface area contributed by atoms with Gasteiger partial charge in [0.25, 0.3) is 17.7 Å². The minimum atomic E-state index is -0.897. The van der Waals surface area contributed by atoms with Crippen LogP contribution in [0.5, 0.6) is 5.75 Å². The highest BCUT2D eigenvalue weighted by Gasteiger charge is 2.14. The number of hydrogen-bond donors (Lipinski definition) is 4. The first-order valence-corrected chi connectivity index (χ1v) is 10.0. The summed E-state index contributed by atoms with van der Waals surface area (Å²) < 4.78 is 26.6. The Labute approximate surface area is 188 Å². The van der Waals surface area contributed by atoms with Crippen LogP contribution in [0.1, 0.15) is 43.6 Å². The van der Waals surface area contributed by atoms with Crippen LogP contribution in [0.4, 0.5) is 14.5 Å². The summed E-state index contributed by atoms with van der Waals surface area (Å²) in [5.41, 5.74) is 1.02. The molecule has 3 rings (SSSR count). The molecule has 9 heteroatoms. The second kappa shape index (κ2) is 10.4. The van der Waals surface area contributed by atoms with Crippen molar-refractivity contribution in [3.05, 3.63) is 94.6 Å². The topological polar surface area (TPSA) is 108 Å². The Hall–Kier alpha value is -4.27. The molecular formula is C24H21F2N3O4. The number of aromatic hydroxyl groups is 1. The van der Waals surface area contributed by atoms with E-state index >= 15 is 0 Å². The average molecular weight is 453 g/mol. The Morgan fingerprint density at radius 3 is 2.21 bits per heavy atom. The average Bonchev–Trinajstić information content (AvgIpc) is 2.77. The lowest BCUT2D eigenvalue weighted by Gasteiger charge is -2.10. The minimum absolute atomic E-state index is 0.0373. The molecule has 4 N–H and O–H groups in total. The number of phenolic OH excluding ortho intramolecular Hbond substituents is 1. The Kier molecular flexibility index (Phi) is 7.34. The molecule has 0 bridgehead atoms. The zero-order valence-corrected chi connectivity index (χ0v) is 17.6. The van der Waals surface area contributed by atoms with Crippen molar-refractivity contribution in [2.24, 2.45) is 0 Å². The summed E-state index contributed by atoms with van der Waals surface area (Å²) in [5.74, 6) is -3.76. The summed E-state index contributed by atoms with van der Waals surface area (Å²) in [6.07, 6.45) is 0. The molecule has 3 amide bonds. The van der Waals surface area contributed by atoms with Crippen LogP contribution in [-0.2, 0) is 6.54 Å². The number of phenols is 1. The molecule has 0 fully saturated rings. The number of carbonyl (C=O) groups excluding carboxylic acids is 3. The number of anilines is 1. The molecular weight excluding hydrogens is 432 g/mol. The molecule has 0 aliphatic heterocycles.